The first-order valence-corrected chi connectivity index (χ1v) is 10.5. The number of halogens is 5. The number of amides is 2. The van der Waals surface area contributed by atoms with Gasteiger partial charge in [0.25, 0.3) is 5.92 Å². The number of urea groups is 1. The van der Waals surface area contributed by atoms with Crippen molar-refractivity contribution in [1.82, 2.24) is 20.2 Å². The van der Waals surface area contributed by atoms with Crippen LogP contribution in [-0.2, 0) is 17.8 Å². The molecule has 2 aliphatic rings. The van der Waals surface area contributed by atoms with Gasteiger partial charge < -0.3 is 25.7 Å². The fourth-order valence-electron chi connectivity index (χ4n) is 2.49. The van der Waals surface area contributed by atoms with Gasteiger partial charge in [0.05, 0.1) is 30.7 Å². The Morgan fingerprint density at radius 3 is 2.33 bits per heavy atom. The van der Waals surface area contributed by atoms with Gasteiger partial charge in [-0.05, 0) is 31.5 Å². The van der Waals surface area contributed by atoms with E-state index in [1.807, 2.05) is 0 Å². The summed E-state index contributed by atoms with van der Waals surface area (Å²) >= 11 is 0. The number of benzene rings is 1. The fraction of sp³-hybridized carbons (Fsp3) is 0.619. The number of methoxy groups -OCH3 is 1. The number of nitrogens with one attached hydrogen (secondary N) is 2. The van der Waals surface area contributed by atoms with Gasteiger partial charge in [-0.1, -0.05) is 25.3 Å². The number of nitrogens with two attached hydrogens (primary N) is 1. The molecule has 2 aromatic rings. The lowest BCUT2D eigenvalue weighted by Gasteiger charge is -2.32. The summed E-state index contributed by atoms with van der Waals surface area (Å²) in [5, 5.41) is 2.19. The Bertz CT molecular complexity index is 925. The Hall–Kier alpha value is -2.47. The summed E-state index contributed by atoms with van der Waals surface area (Å²) in [6, 6.07) is 4.86. The van der Waals surface area contributed by atoms with Gasteiger partial charge in [-0.2, -0.15) is 13.2 Å². The van der Waals surface area contributed by atoms with E-state index in [4.69, 9.17) is 5.73 Å². The van der Waals surface area contributed by atoms with Crippen LogP contribution in [0.4, 0.5) is 26.7 Å². The molecule has 0 atom stereocenters. The number of rotatable bonds is 4. The summed E-state index contributed by atoms with van der Waals surface area (Å²) in [5.41, 5.74) is 5.77. The molecule has 2 amide bonds. The molecule has 2 fully saturated rings. The van der Waals surface area contributed by atoms with Crippen molar-refractivity contribution < 1.29 is 31.5 Å². The van der Waals surface area contributed by atoms with Crippen LogP contribution in [0.15, 0.2) is 18.2 Å². The number of alkyl halides is 5. The van der Waals surface area contributed by atoms with Gasteiger partial charge in [0, 0.05) is 13.7 Å². The molecule has 1 aromatic carbocycles. The number of hydrogen-bond acceptors (Lipinski definition) is 4. The third kappa shape index (κ3) is 8.11. The first-order valence-electron chi connectivity index (χ1n) is 10.5. The fourth-order valence-corrected chi connectivity index (χ4v) is 2.49. The van der Waals surface area contributed by atoms with Crippen LogP contribution >= 0.6 is 0 Å². The molecule has 0 unspecified atom stereocenters. The zero-order chi connectivity index (χ0) is 24.9. The van der Waals surface area contributed by atoms with Crippen molar-refractivity contribution in [3.63, 3.8) is 0 Å². The Kier molecular flexibility index (Phi) is 8.63. The number of hydrogen-bond donors (Lipinski definition) is 3. The highest BCUT2D eigenvalue weighted by atomic mass is 19.4. The van der Waals surface area contributed by atoms with Crippen LogP contribution in [0.5, 0.6) is 0 Å². The minimum absolute atomic E-state index is 0.119. The molecule has 0 spiro atoms. The summed E-state index contributed by atoms with van der Waals surface area (Å²) in [5.74, 6) is -2.25. The summed E-state index contributed by atoms with van der Waals surface area (Å²) < 4.78 is 66.0. The molecule has 7 nitrogen and oxygen atoms in total. The van der Waals surface area contributed by atoms with Gasteiger partial charge >= 0.3 is 12.2 Å². The normalized spacial score (nSPS) is 17.5. The molecule has 1 saturated carbocycles. The standard InChI is InChI=1S/C13H15F2N5O.C5H9F3O.C3H6/c14-13(15)6-17-12(21)20(7-13)5-8-1-2-9-10(3-8)19-11(4-16)18-9;1-4(2,9-3)5(6,7)8;1-2-3-1/h1-3H,4-7,16H2,(H,17,21)(H,18,19);1-3H3;1-3H2. The van der Waals surface area contributed by atoms with Crippen molar-refractivity contribution in [2.45, 2.75) is 63.9 Å². The monoisotopic (exact) mass is 479 g/mol. The van der Waals surface area contributed by atoms with E-state index >= 15 is 0 Å². The zero-order valence-corrected chi connectivity index (χ0v) is 18.9. The molecule has 0 radical (unpaired) electrons. The molecule has 1 aliphatic heterocycles. The van der Waals surface area contributed by atoms with Gasteiger partial charge in [-0.3, -0.25) is 0 Å². The first kappa shape index (κ1) is 26.8. The van der Waals surface area contributed by atoms with Crippen molar-refractivity contribution >= 4 is 17.1 Å². The van der Waals surface area contributed by atoms with E-state index in [0.717, 1.165) is 42.5 Å². The third-order valence-corrected chi connectivity index (χ3v) is 4.92. The molecular formula is C21H30F5N5O2. The number of carbonyl (C=O) groups is 1. The summed E-state index contributed by atoms with van der Waals surface area (Å²) in [6.07, 6.45) is 0.224. The Morgan fingerprint density at radius 1 is 1.21 bits per heavy atom. The van der Waals surface area contributed by atoms with Crippen molar-refractivity contribution in [3.05, 3.63) is 29.6 Å². The number of fused-ring (bicyclic) bond motifs is 1. The maximum atomic E-state index is 13.3. The van der Waals surface area contributed by atoms with Gasteiger partial charge in [0.15, 0.2) is 5.60 Å². The number of imidazole rings is 1. The first-order chi connectivity index (χ1) is 15.3. The topological polar surface area (TPSA) is 96.3 Å². The van der Waals surface area contributed by atoms with Crippen LogP contribution in [0.25, 0.3) is 11.0 Å². The number of ether oxygens (including phenoxy) is 1. The Labute approximate surface area is 188 Å². The van der Waals surface area contributed by atoms with Crippen molar-refractivity contribution in [3.8, 4) is 0 Å². The quantitative estimate of drug-likeness (QED) is 0.569. The molecule has 4 N–H and O–H groups in total. The lowest BCUT2D eigenvalue weighted by atomic mass is 10.1. The second-order valence-corrected chi connectivity index (χ2v) is 8.38. The highest BCUT2D eigenvalue weighted by molar-refractivity contribution is 5.77. The maximum absolute atomic E-state index is 13.3. The maximum Gasteiger partial charge on any atom is 0.416 e. The van der Waals surface area contributed by atoms with Crippen LogP contribution < -0.4 is 11.1 Å². The van der Waals surface area contributed by atoms with Gasteiger partial charge in [-0.15, -0.1) is 0 Å². The van der Waals surface area contributed by atoms with E-state index in [1.54, 1.807) is 18.2 Å². The molecule has 1 aromatic heterocycles. The molecule has 0 bridgehead atoms. The van der Waals surface area contributed by atoms with Crippen molar-refractivity contribution in [2.24, 2.45) is 5.73 Å². The molecule has 1 aliphatic carbocycles. The van der Waals surface area contributed by atoms with E-state index in [0.29, 0.717) is 12.4 Å². The van der Waals surface area contributed by atoms with Crippen molar-refractivity contribution in [1.29, 1.82) is 0 Å². The van der Waals surface area contributed by atoms with Gasteiger partial charge in [0.1, 0.15) is 5.82 Å². The van der Waals surface area contributed by atoms with Crippen LogP contribution in [0.2, 0.25) is 0 Å². The average molecular weight is 479 g/mol. The molecule has 4 rings (SSSR count). The number of aromatic nitrogens is 2. The Balaban J connectivity index is 0.000000266. The summed E-state index contributed by atoms with van der Waals surface area (Å²) in [7, 11) is 1.04. The highest BCUT2D eigenvalue weighted by Crippen LogP contribution is 2.31. The lowest BCUT2D eigenvalue weighted by Crippen LogP contribution is -2.56. The molecule has 1 saturated heterocycles. The average Bonchev–Trinajstić information content (AvgIpc) is 3.56. The number of H-pyrrole nitrogens is 1. The summed E-state index contributed by atoms with van der Waals surface area (Å²) in [4.78, 5) is 20.1. The smallest absolute Gasteiger partial charge is 0.369 e. The largest absolute Gasteiger partial charge is 0.416 e. The highest BCUT2D eigenvalue weighted by Gasteiger charge is 2.47. The van der Waals surface area contributed by atoms with Crippen LogP contribution in [0.1, 0.15) is 44.5 Å². The second-order valence-electron chi connectivity index (χ2n) is 8.38. The van der Waals surface area contributed by atoms with Crippen LogP contribution in [0, 0.1) is 0 Å². The number of nitrogens with zero attached hydrogens (tertiary/aromatic N) is 2. The van der Waals surface area contributed by atoms with E-state index in [1.165, 1.54) is 19.3 Å². The Morgan fingerprint density at radius 2 is 1.85 bits per heavy atom. The van der Waals surface area contributed by atoms with Crippen molar-refractivity contribution in [2.75, 3.05) is 20.2 Å². The van der Waals surface area contributed by atoms with E-state index in [2.05, 4.69) is 20.0 Å². The van der Waals surface area contributed by atoms with E-state index in [9.17, 15) is 26.7 Å². The minimum Gasteiger partial charge on any atom is -0.369 e. The SMILES string of the molecule is C1CC1.COC(C)(C)C(F)(F)F.NCc1nc2ccc(CN3CC(F)(F)CNC3=O)cc2[nH]1. The third-order valence-electron chi connectivity index (χ3n) is 4.92. The molecule has 2 heterocycles. The van der Waals surface area contributed by atoms with E-state index < -0.39 is 36.8 Å². The molecular weight excluding hydrogens is 449 g/mol. The number of aromatic amines is 1. The van der Waals surface area contributed by atoms with Gasteiger partial charge in [0.2, 0.25) is 0 Å². The zero-order valence-electron chi connectivity index (χ0n) is 18.9. The predicted molar refractivity (Wildman–Crippen MR) is 114 cm³/mol. The molecule has 33 heavy (non-hydrogen) atoms. The number of carbonyl (C=O) groups excluding carboxylic acids is 1. The molecule has 12 heteroatoms. The summed E-state index contributed by atoms with van der Waals surface area (Å²) in [6.45, 7) is 1.19. The minimum atomic E-state index is -4.28. The van der Waals surface area contributed by atoms with Crippen LogP contribution in [-0.4, -0.2) is 58.8 Å². The predicted octanol–water partition coefficient (Wildman–Crippen LogP) is 4.33. The van der Waals surface area contributed by atoms with Gasteiger partial charge in [-0.25, -0.2) is 18.6 Å². The van der Waals surface area contributed by atoms with Crippen LogP contribution in [0.3, 0.4) is 0 Å². The molecule has 186 valence electrons. The second kappa shape index (κ2) is 10.6. The lowest BCUT2D eigenvalue weighted by molar-refractivity contribution is -0.255. The van der Waals surface area contributed by atoms with E-state index in [-0.39, 0.29) is 6.54 Å².